The Bertz CT molecular complexity index is 1210. The van der Waals surface area contributed by atoms with Gasteiger partial charge in [0.05, 0.1) is 17.8 Å². The second-order valence-corrected chi connectivity index (χ2v) is 10.3. The summed E-state index contributed by atoms with van der Waals surface area (Å²) in [7, 11) is 1.55. The third kappa shape index (κ3) is 6.75. The van der Waals surface area contributed by atoms with Crippen LogP contribution in [0.3, 0.4) is 0 Å². The van der Waals surface area contributed by atoms with Gasteiger partial charge in [0.1, 0.15) is 6.61 Å². The topological polar surface area (TPSA) is 59.9 Å². The van der Waals surface area contributed by atoms with Gasteiger partial charge in [-0.05, 0) is 68.9 Å². The average molecular weight is 564 g/mol. The van der Waals surface area contributed by atoms with E-state index in [2.05, 4.69) is 47.2 Å². The largest absolute Gasteiger partial charge is 0.493 e. The number of benzene rings is 3. The van der Waals surface area contributed by atoms with Crippen LogP contribution in [0.1, 0.15) is 47.8 Å². The molecule has 0 atom stereocenters. The Morgan fingerprint density at radius 2 is 1.79 bits per heavy atom. The quantitative estimate of drug-likeness (QED) is 0.240. The Hall–Kier alpha value is -2.54. The lowest BCUT2D eigenvalue weighted by Gasteiger charge is -2.18. The summed E-state index contributed by atoms with van der Waals surface area (Å²) < 4.78 is 12.1. The number of hydrazone groups is 1. The lowest BCUT2D eigenvalue weighted by atomic mass is 9.87. The Morgan fingerprint density at radius 1 is 1.09 bits per heavy atom. The zero-order chi connectivity index (χ0) is 24.9. The van der Waals surface area contributed by atoms with Gasteiger partial charge < -0.3 is 9.47 Å². The van der Waals surface area contributed by atoms with Crippen LogP contribution >= 0.6 is 39.1 Å². The van der Waals surface area contributed by atoms with E-state index in [0.29, 0.717) is 37.1 Å². The number of hydrogen-bond donors (Lipinski definition) is 1. The molecule has 8 heteroatoms. The summed E-state index contributed by atoms with van der Waals surface area (Å²) in [6.45, 7) is 6.62. The van der Waals surface area contributed by atoms with Crippen molar-refractivity contribution >= 4 is 51.3 Å². The van der Waals surface area contributed by atoms with E-state index in [1.807, 2.05) is 24.3 Å². The summed E-state index contributed by atoms with van der Waals surface area (Å²) >= 11 is 15.7. The van der Waals surface area contributed by atoms with Crippen molar-refractivity contribution in [2.45, 2.75) is 32.8 Å². The van der Waals surface area contributed by atoms with Crippen LogP contribution in [-0.2, 0) is 12.0 Å². The maximum absolute atomic E-state index is 12.4. The summed E-state index contributed by atoms with van der Waals surface area (Å²) in [5.74, 6) is 0.737. The number of halogens is 3. The molecular weight excluding hydrogens is 539 g/mol. The van der Waals surface area contributed by atoms with Gasteiger partial charge in [0.15, 0.2) is 11.5 Å². The molecule has 0 aliphatic heterocycles. The van der Waals surface area contributed by atoms with Gasteiger partial charge in [-0.2, -0.15) is 5.10 Å². The molecule has 3 aromatic rings. The standard InChI is InChI=1S/C26H25BrCl2N2O3/c1-26(2,3)19-8-5-17(6-9-19)25(32)31-30-14-16-11-21(27)24(23(12-16)33-4)34-15-18-7-10-20(28)13-22(18)29/h5-14H,15H2,1-4H3,(H,31,32)/b30-14-. The number of hydrogen-bond acceptors (Lipinski definition) is 4. The zero-order valence-electron chi connectivity index (χ0n) is 19.3. The minimum Gasteiger partial charge on any atom is -0.493 e. The van der Waals surface area contributed by atoms with Crippen LogP contribution in [0.25, 0.3) is 0 Å². The number of nitrogens with one attached hydrogen (secondary N) is 1. The van der Waals surface area contributed by atoms with Crippen molar-refractivity contribution in [3.05, 3.63) is 91.4 Å². The van der Waals surface area contributed by atoms with Gasteiger partial charge in [0.25, 0.3) is 5.91 Å². The van der Waals surface area contributed by atoms with Crippen LogP contribution in [-0.4, -0.2) is 19.2 Å². The highest BCUT2D eigenvalue weighted by atomic mass is 79.9. The van der Waals surface area contributed by atoms with Crippen molar-refractivity contribution in [2.24, 2.45) is 5.10 Å². The predicted octanol–water partition coefficient (Wildman–Crippen LogP) is 7.40. The molecule has 0 aliphatic rings. The molecule has 0 spiro atoms. The van der Waals surface area contributed by atoms with Crippen LogP contribution in [0.5, 0.6) is 11.5 Å². The summed E-state index contributed by atoms with van der Waals surface area (Å²) in [4.78, 5) is 12.4. The summed E-state index contributed by atoms with van der Waals surface area (Å²) in [5.41, 5.74) is 5.78. The number of rotatable bonds is 7. The molecule has 178 valence electrons. The first kappa shape index (κ1) is 26.1. The maximum atomic E-state index is 12.4. The molecule has 0 aromatic heterocycles. The number of amides is 1. The monoisotopic (exact) mass is 562 g/mol. The highest BCUT2D eigenvalue weighted by Crippen LogP contribution is 2.37. The van der Waals surface area contributed by atoms with E-state index in [4.69, 9.17) is 32.7 Å². The van der Waals surface area contributed by atoms with E-state index in [1.54, 1.807) is 37.4 Å². The van der Waals surface area contributed by atoms with E-state index < -0.39 is 0 Å². The molecule has 3 aromatic carbocycles. The van der Waals surface area contributed by atoms with Crippen molar-refractivity contribution < 1.29 is 14.3 Å². The van der Waals surface area contributed by atoms with Crippen LogP contribution in [0.4, 0.5) is 0 Å². The van der Waals surface area contributed by atoms with E-state index in [9.17, 15) is 4.79 Å². The van der Waals surface area contributed by atoms with E-state index >= 15 is 0 Å². The molecule has 0 fully saturated rings. The molecule has 0 aliphatic carbocycles. The van der Waals surface area contributed by atoms with Gasteiger partial charge in [0.2, 0.25) is 0 Å². The normalized spacial score (nSPS) is 11.5. The highest BCUT2D eigenvalue weighted by molar-refractivity contribution is 9.10. The first-order valence-corrected chi connectivity index (χ1v) is 12.0. The lowest BCUT2D eigenvalue weighted by molar-refractivity contribution is 0.0955. The van der Waals surface area contributed by atoms with Gasteiger partial charge in [-0.3, -0.25) is 4.79 Å². The molecule has 0 radical (unpaired) electrons. The molecule has 34 heavy (non-hydrogen) atoms. The summed E-state index contributed by atoms with van der Waals surface area (Å²) in [5, 5.41) is 5.16. The first-order valence-electron chi connectivity index (χ1n) is 10.5. The van der Waals surface area contributed by atoms with Crippen molar-refractivity contribution in [3.63, 3.8) is 0 Å². The van der Waals surface area contributed by atoms with Crippen molar-refractivity contribution in [3.8, 4) is 11.5 Å². The van der Waals surface area contributed by atoms with Crippen molar-refractivity contribution in [2.75, 3.05) is 7.11 Å². The Morgan fingerprint density at radius 3 is 2.41 bits per heavy atom. The van der Waals surface area contributed by atoms with Gasteiger partial charge >= 0.3 is 0 Å². The molecule has 0 heterocycles. The molecular formula is C26H25BrCl2N2O3. The van der Waals surface area contributed by atoms with Crippen LogP contribution < -0.4 is 14.9 Å². The summed E-state index contributed by atoms with van der Waals surface area (Å²) in [6.07, 6.45) is 1.54. The summed E-state index contributed by atoms with van der Waals surface area (Å²) in [6, 6.07) is 16.3. The third-order valence-electron chi connectivity index (χ3n) is 5.03. The second-order valence-electron chi connectivity index (χ2n) is 8.58. The van der Waals surface area contributed by atoms with Gasteiger partial charge in [0, 0.05) is 21.2 Å². The van der Waals surface area contributed by atoms with E-state index in [-0.39, 0.29) is 17.9 Å². The molecule has 5 nitrogen and oxygen atoms in total. The smallest absolute Gasteiger partial charge is 0.271 e. The zero-order valence-corrected chi connectivity index (χ0v) is 22.4. The van der Waals surface area contributed by atoms with E-state index in [1.165, 1.54) is 6.21 Å². The number of ether oxygens (including phenoxy) is 2. The number of carbonyl (C=O) groups excluding carboxylic acids is 1. The molecule has 0 unspecified atom stereocenters. The third-order valence-corrected chi connectivity index (χ3v) is 6.21. The number of methoxy groups -OCH3 is 1. The molecule has 1 N–H and O–H groups in total. The fourth-order valence-corrected chi connectivity index (χ4v) is 4.13. The number of carbonyl (C=O) groups is 1. The highest BCUT2D eigenvalue weighted by Gasteiger charge is 2.15. The minimum atomic E-state index is -0.289. The SMILES string of the molecule is COc1cc(/C=N\NC(=O)c2ccc(C(C)(C)C)cc2)cc(Br)c1OCc1ccc(Cl)cc1Cl. The second kappa shape index (κ2) is 11.3. The van der Waals surface area contributed by atoms with E-state index in [0.717, 1.165) is 11.1 Å². The van der Waals surface area contributed by atoms with Gasteiger partial charge in [-0.15, -0.1) is 0 Å². The van der Waals surface area contributed by atoms with Gasteiger partial charge in [-0.25, -0.2) is 5.43 Å². The number of nitrogens with zero attached hydrogens (tertiary/aromatic N) is 1. The van der Waals surface area contributed by atoms with Gasteiger partial charge in [-0.1, -0.05) is 62.2 Å². The van der Waals surface area contributed by atoms with Crippen LogP contribution in [0, 0.1) is 0 Å². The molecule has 1 amide bonds. The Balaban J connectivity index is 1.68. The van der Waals surface area contributed by atoms with Crippen molar-refractivity contribution in [1.82, 2.24) is 5.43 Å². The van der Waals surface area contributed by atoms with Crippen LogP contribution in [0.15, 0.2) is 64.2 Å². The lowest BCUT2D eigenvalue weighted by Crippen LogP contribution is -2.18. The fourth-order valence-electron chi connectivity index (χ4n) is 3.09. The molecule has 0 bridgehead atoms. The molecule has 3 rings (SSSR count). The molecule has 0 saturated carbocycles. The Kier molecular flexibility index (Phi) is 8.63. The Labute approximate surface area is 218 Å². The maximum Gasteiger partial charge on any atom is 0.271 e. The molecule has 0 saturated heterocycles. The minimum absolute atomic E-state index is 0.0244. The average Bonchev–Trinajstić information content (AvgIpc) is 2.78. The first-order chi connectivity index (χ1) is 16.1. The fraction of sp³-hybridized carbons (Fsp3) is 0.231. The van der Waals surface area contributed by atoms with Crippen molar-refractivity contribution in [1.29, 1.82) is 0 Å². The van der Waals surface area contributed by atoms with Crippen LogP contribution in [0.2, 0.25) is 10.0 Å². The predicted molar refractivity (Wildman–Crippen MR) is 142 cm³/mol.